The SMILES string of the molecule is CN(Cc1ccccc1F)C(=O)CNC(=O)Cc1ccccc1. The Bertz CT molecular complexity index is 674. The number of rotatable bonds is 6. The van der Waals surface area contributed by atoms with Crippen molar-refractivity contribution in [1.29, 1.82) is 0 Å². The van der Waals surface area contributed by atoms with E-state index in [9.17, 15) is 14.0 Å². The number of amides is 2. The van der Waals surface area contributed by atoms with Gasteiger partial charge >= 0.3 is 0 Å². The van der Waals surface area contributed by atoms with E-state index in [1.54, 1.807) is 25.2 Å². The van der Waals surface area contributed by atoms with Crippen molar-refractivity contribution in [2.24, 2.45) is 0 Å². The van der Waals surface area contributed by atoms with E-state index in [0.717, 1.165) is 5.56 Å². The highest BCUT2D eigenvalue weighted by atomic mass is 19.1. The Morgan fingerprint density at radius 3 is 2.39 bits per heavy atom. The van der Waals surface area contributed by atoms with Crippen molar-refractivity contribution in [3.8, 4) is 0 Å². The largest absolute Gasteiger partial charge is 0.347 e. The topological polar surface area (TPSA) is 49.4 Å². The maximum absolute atomic E-state index is 13.6. The maximum atomic E-state index is 13.6. The van der Waals surface area contributed by atoms with Gasteiger partial charge in [0.2, 0.25) is 11.8 Å². The summed E-state index contributed by atoms with van der Waals surface area (Å²) in [6.07, 6.45) is 0.227. The summed E-state index contributed by atoms with van der Waals surface area (Å²) in [7, 11) is 1.58. The molecule has 0 atom stereocenters. The fraction of sp³-hybridized carbons (Fsp3) is 0.222. The summed E-state index contributed by atoms with van der Waals surface area (Å²) in [6.45, 7) is 0.0662. The van der Waals surface area contributed by atoms with Crippen LogP contribution >= 0.6 is 0 Å². The van der Waals surface area contributed by atoms with E-state index in [2.05, 4.69) is 5.32 Å². The fourth-order valence-electron chi connectivity index (χ4n) is 2.12. The van der Waals surface area contributed by atoms with Gasteiger partial charge in [-0.25, -0.2) is 4.39 Å². The van der Waals surface area contributed by atoms with E-state index in [4.69, 9.17) is 0 Å². The lowest BCUT2D eigenvalue weighted by molar-refractivity contribution is -0.132. The van der Waals surface area contributed by atoms with E-state index in [1.807, 2.05) is 30.3 Å². The number of carbonyl (C=O) groups excluding carboxylic acids is 2. The molecule has 0 heterocycles. The fourth-order valence-corrected chi connectivity index (χ4v) is 2.12. The van der Waals surface area contributed by atoms with E-state index >= 15 is 0 Å². The molecular formula is C18H19FN2O2. The molecule has 0 spiro atoms. The van der Waals surface area contributed by atoms with Crippen LogP contribution in [0.2, 0.25) is 0 Å². The van der Waals surface area contributed by atoms with Gasteiger partial charge in [-0.15, -0.1) is 0 Å². The molecule has 2 amide bonds. The minimum atomic E-state index is -0.347. The molecule has 0 unspecified atom stereocenters. The molecular weight excluding hydrogens is 295 g/mol. The Morgan fingerprint density at radius 1 is 1.04 bits per heavy atom. The number of nitrogens with one attached hydrogen (secondary N) is 1. The van der Waals surface area contributed by atoms with Gasteiger partial charge in [0, 0.05) is 19.2 Å². The molecule has 0 aliphatic rings. The summed E-state index contributed by atoms with van der Waals surface area (Å²) < 4.78 is 13.6. The molecule has 0 radical (unpaired) electrons. The highest BCUT2D eigenvalue weighted by Gasteiger charge is 2.12. The third kappa shape index (κ3) is 5.21. The number of benzene rings is 2. The molecule has 5 heteroatoms. The highest BCUT2D eigenvalue weighted by Crippen LogP contribution is 2.08. The van der Waals surface area contributed by atoms with Crippen molar-refractivity contribution in [2.45, 2.75) is 13.0 Å². The first kappa shape index (κ1) is 16.7. The van der Waals surface area contributed by atoms with Gasteiger partial charge in [0.05, 0.1) is 13.0 Å². The normalized spacial score (nSPS) is 10.2. The Kier molecular flexibility index (Phi) is 5.86. The minimum Gasteiger partial charge on any atom is -0.347 e. The van der Waals surface area contributed by atoms with Gasteiger partial charge < -0.3 is 10.2 Å². The molecule has 2 aromatic rings. The molecule has 0 saturated heterocycles. The second-order valence-corrected chi connectivity index (χ2v) is 5.28. The summed E-state index contributed by atoms with van der Waals surface area (Å²) in [5.41, 5.74) is 1.33. The van der Waals surface area contributed by atoms with Crippen molar-refractivity contribution in [3.63, 3.8) is 0 Å². The van der Waals surface area contributed by atoms with Crippen LogP contribution in [0.1, 0.15) is 11.1 Å². The number of likely N-dealkylation sites (N-methyl/N-ethyl adjacent to an activating group) is 1. The van der Waals surface area contributed by atoms with Gasteiger partial charge in [0.15, 0.2) is 0 Å². The number of hydrogen-bond donors (Lipinski definition) is 1. The molecule has 0 saturated carbocycles. The first-order chi connectivity index (χ1) is 11.1. The zero-order valence-corrected chi connectivity index (χ0v) is 13.0. The van der Waals surface area contributed by atoms with Crippen molar-refractivity contribution in [1.82, 2.24) is 10.2 Å². The smallest absolute Gasteiger partial charge is 0.242 e. The lowest BCUT2D eigenvalue weighted by Crippen LogP contribution is -2.38. The van der Waals surface area contributed by atoms with Gasteiger partial charge in [0.1, 0.15) is 5.82 Å². The summed E-state index contributed by atoms with van der Waals surface area (Å²) in [4.78, 5) is 25.2. The molecule has 0 bridgehead atoms. The van der Waals surface area contributed by atoms with Crippen LogP contribution in [0.15, 0.2) is 54.6 Å². The van der Waals surface area contributed by atoms with Crippen LogP contribution in [0.3, 0.4) is 0 Å². The van der Waals surface area contributed by atoms with Gasteiger partial charge in [-0.3, -0.25) is 9.59 Å². The maximum Gasteiger partial charge on any atom is 0.242 e. The van der Waals surface area contributed by atoms with E-state index in [-0.39, 0.29) is 37.1 Å². The van der Waals surface area contributed by atoms with E-state index < -0.39 is 0 Å². The summed E-state index contributed by atoms with van der Waals surface area (Å²) in [5, 5.41) is 2.59. The molecule has 120 valence electrons. The summed E-state index contributed by atoms with van der Waals surface area (Å²) in [5.74, 6) is -0.834. The van der Waals surface area contributed by atoms with Crippen molar-refractivity contribution in [3.05, 3.63) is 71.5 Å². The molecule has 0 aromatic heterocycles. The average molecular weight is 314 g/mol. The molecule has 4 nitrogen and oxygen atoms in total. The lowest BCUT2D eigenvalue weighted by atomic mass is 10.1. The zero-order valence-electron chi connectivity index (χ0n) is 13.0. The number of nitrogens with zero attached hydrogens (tertiary/aromatic N) is 1. The molecule has 1 N–H and O–H groups in total. The minimum absolute atomic E-state index is 0.101. The third-order valence-corrected chi connectivity index (χ3v) is 3.44. The summed E-state index contributed by atoms with van der Waals surface area (Å²) in [6, 6.07) is 15.6. The van der Waals surface area contributed by atoms with Crippen LogP contribution in [0.25, 0.3) is 0 Å². The van der Waals surface area contributed by atoms with Crippen molar-refractivity contribution in [2.75, 3.05) is 13.6 Å². The van der Waals surface area contributed by atoms with Gasteiger partial charge in [-0.1, -0.05) is 48.5 Å². The van der Waals surface area contributed by atoms with Gasteiger partial charge in [-0.2, -0.15) is 0 Å². The summed E-state index contributed by atoms with van der Waals surface area (Å²) >= 11 is 0. The van der Waals surface area contributed by atoms with Crippen molar-refractivity contribution >= 4 is 11.8 Å². The second kappa shape index (κ2) is 8.08. The first-order valence-corrected chi connectivity index (χ1v) is 7.34. The lowest BCUT2D eigenvalue weighted by Gasteiger charge is -2.18. The Balaban J connectivity index is 1.80. The second-order valence-electron chi connectivity index (χ2n) is 5.28. The van der Waals surface area contributed by atoms with Crippen LogP contribution in [0.4, 0.5) is 4.39 Å². The zero-order chi connectivity index (χ0) is 16.7. The standard InChI is InChI=1S/C18H19FN2O2/c1-21(13-15-9-5-6-10-16(15)19)18(23)12-20-17(22)11-14-7-3-2-4-8-14/h2-10H,11-13H2,1H3,(H,20,22). The Morgan fingerprint density at radius 2 is 1.70 bits per heavy atom. The van der Waals surface area contributed by atoms with E-state index in [0.29, 0.717) is 5.56 Å². The average Bonchev–Trinajstić information content (AvgIpc) is 2.55. The molecule has 23 heavy (non-hydrogen) atoms. The Hall–Kier alpha value is -2.69. The first-order valence-electron chi connectivity index (χ1n) is 7.34. The van der Waals surface area contributed by atoms with Crippen LogP contribution in [-0.4, -0.2) is 30.3 Å². The van der Waals surface area contributed by atoms with Crippen LogP contribution in [0.5, 0.6) is 0 Å². The predicted octanol–water partition coefficient (Wildman–Crippen LogP) is 2.14. The third-order valence-electron chi connectivity index (χ3n) is 3.44. The van der Waals surface area contributed by atoms with Crippen LogP contribution in [0, 0.1) is 5.82 Å². The van der Waals surface area contributed by atoms with Crippen LogP contribution in [-0.2, 0) is 22.6 Å². The molecule has 0 aliphatic heterocycles. The number of carbonyl (C=O) groups is 2. The van der Waals surface area contributed by atoms with E-state index in [1.165, 1.54) is 11.0 Å². The highest BCUT2D eigenvalue weighted by molar-refractivity contribution is 5.85. The quantitative estimate of drug-likeness (QED) is 0.888. The van der Waals surface area contributed by atoms with Crippen LogP contribution < -0.4 is 5.32 Å². The molecule has 0 aliphatic carbocycles. The molecule has 0 fully saturated rings. The Labute approximate surface area is 134 Å². The van der Waals surface area contributed by atoms with Gasteiger partial charge in [-0.05, 0) is 11.6 Å². The number of hydrogen-bond acceptors (Lipinski definition) is 2. The molecule has 2 rings (SSSR count). The van der Waals surface area contributed by atoms with Gasteiger partial charge in [0.25, 0.3) is 0 Å². The monoisotopic (exact) mass is 314 g/mol. The predicted molar refractivity (Wildman–Crippen MR) is 86.0 cm³/mol. The molecule has 2 aromatic carbocycles. The number of halogens is 1. The van der Waals surface area contributed by atoms with Crippen molar-refractivity contribution < 1.29 is 14.0 Å².